The molecule has 1 heteroatoms. The Morgan fingerprint density at radius 2 is 2.38 bits per heavy atom. The van der Waals surface area contributed by atoms with Gasteiger partial charge in [-0.15, -0.1) is 0 Å². The molecule has 0 aliphatic carbocycles. The van der Waals surface area contributed by atoms with E-state index in [-0.39, 0.29) is 4.75 Å². The normalized spacial score (nSPS) is 49.9. The van der Waals surface area contributed by atoms with E-state index >= 15 is 0 Å². The molecule has 1 heterocycles. The number of rotatable bonds is 0. The van der Waals surface area contributed by atoms with E-state index in [1.165, 1.54) is 0 Å². The third-order valence-corrected chi connectivity index (χ3v) is 8.58. The maximum absolute atomic E-state index is 7.52. The molecule has 0 unspecified atom stereocenters. The summed E-state index contributed by atoms with van der Waals surface area (Å²) in [5.74, 6) is 0. The van der Waals surface area contributed by atoms with Crippen LogP contribution >= 0.6 is 0 Å². The molecule has 8 heavy (non-hydrogen) atoms. The van der Waals surface area contributed by atoms with Crippen molar-refractivity contribution in [3.63, 3.8) is 0 Å². The van der Waals surface area contributed by atoms with E-state index in [1.54, 1.807) is 0 Å². The van der Waals surface area contributed by atoms with Crippen molar-refractivity contribution in [2.45, 2.75) is 41.1 Å². The summed E-state index contributed by atoms with van der Waals surface area (Å²) in [4.78, 5) is 0. The Morgan fingerprint density at radius 3 is 2.62 bits per heavy atom. The van der Waals surface area contributed by atoms with E-state index in [4.69, 9.17) is 8.22 Å². The van der Waals surface area contributed by atoms with Crippen molar-refractivity contribution >= 4 is 13.3 Å². The molecule has 0 nitrogen and oxygen atoms in total. The summed E-state index contributed by atoms with van der Waals surface area (Å²) < 4.78 is 45.1. The molecule has 0 saturated carbocycles. The van der Waals surface area contributed by atoms with Crippen molar-refractivity contribution < 1.29 is 8.22 Å². The molecule has 0 spiro atoms. The van der Waals surface area contributed by atoms with Gasteiger partial charge in [0.15, 0.2) is 0 Å². The van der Waals surface area contributed by atoms with E-state index in [9.17, 15) is 0 Å². The van der Waals surface area contributed by atoms with Gasteiger partial charge in [-0.1, -0.05) is 0 Å². The molecule has 0 aromatic rings. The van der Waals surface area contributed by atoms with Gasteiger partial charge in [-0.3, -0.25) is 0 Å². The van der Waals surface area contributed by atoms with Crippen LogP contribution in [0.1, 0.15) is 28.0 Å². The van der Waals surface area contributed by atoms with Crippen molar-refractivity contribution in [2.75, 3.05) is 0 Å². The molecule has 0 N–H and O–H groups in total. The van der Waals surface area contributed by atoms with Crippen LogP contribution < -0.4 is 0 Å². The molecular formula is C7H16Ge. The maximum atomic E-state index is 7.52. The zero-order valence-electron chi connectivity index (χ0n) is 11.2. The zero-order chi connectivity index (χ0) is 11.2. The van der Waals surface area contributed by atoms with E-state index in [2.05, 4.69) is 0 Å². The number of hydrogen-bond donors (Lipinski definition) is 0. The molecule has 1 rings (SSSR count). The molecule has 0 bridgehead atoms. The van der Waals surface area contributed by atoms with Gasteiger partial charge in [0.2, 0.25) is 0 Å². The van der Waals surface area contributed by atoms with Crippen LogP contribution in [-0.4, -0.2) is 13.3 Å². The summed E-state index contributed by atoms with van der Waals surface area (Å²) in [6.45, 7) is 1.83. The second kappa shape index (κ2) is 2.05. The zero-order valence-corrected chi connectivity index (χ0v) is 7.30. The first-order valence-electron chi connectivity index (χ1n) is 6.13. The summed E-state index contributed by atoms with van der Waals surface area (Å²) in [5, 5.41) is 0.480. The summed E-state index contributed by atoms with van der Waals surface area (Å²) in [6, 6.07) is 0. The molecule has 1 aliphatic rings. The van der Waals surface area contributed by atoms with Crippen LogP contribution in [-0.2, 0) is 0 Å². The van der Waals surface area contributed by atoms with Crippen LogP contribution in [0.4, 0.5) is 0 Å². The Kier molecular flexibility index (Phi) is 0.590. The second-order valence-electron chi connectivity index (χ2n) is 2.76. The SMILES string of the molecule is [2H][C]([2H])([2H])[Ge]1([C]([2H])([2H])[2H])[CH2]CC[C@H]1C. The third kappa shape index (κ3) is 1.10. The van der Waals surface area contributed by atoms with Gasteiger partial charge in [-0.05, 0) is 0 Å². The van der Waals surface area contributed by atoms with Gasteiger partial charge < -0.3 is 0 Å². The molecule has 0 amide bonds. The minimum absolute atomic E-state index is 0.0602. The summed E-state index contributed by atoms with van der Waals surface area (Å²) in [7, 11) is 0. The van der Waals surface area contributed by atoms with Crippen LogP contribution in [0.15, 0.2) is 0 Å². The van der Waals surface area contributed by atoms with E-state index in [0.29, 0.717) is 5.25 Å². The first-order valence-corrected chi connectivity index (χ1v) is 7.92. The van der Waals surface area contributed by atoms with Crippen LogP contribution in [0, 0.1) is 0 Å². The fourth-order valence-electron chi connectivity index (χ4n) is 1.18. The van der Waals surface area contributed by atoms with Crippen molar-refractivity contribution in [1.29, 1.82) is 0 Å². The van der Waals surface area contributed by atoms with Gasteiger partial charge in [-0.25, -0.2) is 0 Å². The average molecular weight is 179 g/mol. The van der Waals surface area contributed by atoms with Crippen LogP contribution in [0.25, 0.3) is 0 Å². The van der Waals surface area contributed by atoms with Crippen molar-refractivity contribution in [3.8, 4) is 0 Å². The first-order chi connectivity index (χ1) is 6.13. The predicted molar refractivity (Wildman–Crippen MR) is 40.9 cm³/mol. The van der Waals surface area contributed by atoms with E-state index < -0.39 is 24.6 Å². The molecule has 1 saturated heterocycles. The van der Waals surface area contributed by atoms with E-state index in [0.717, 1.165) is 12.8 Å². The second-order valence-corrected chi connectivity index (χ2v) is 9.96. The van der Waals surface area contributed by atoms with Gasteiger partial charge in [0.05, 0.1) is 0 Å². The summed E-state index contributed by atoms with van der Waals surface area (Å²) >= 11 is -3.72. The van der Waals surface area contributed by atoms with Gasteiger partial charge >= 0.3 is 62.6 Å². The monoisotopic (exact) mass is 180 g/mol. The number of hydrogen-bond acceptors (Lipinski definition) is 0. The Bertz CT molecular complexity index is 203. The summed E-state index contributed by atoms with van der Waals surface area (Å²) in [6.07, 6.45) is 1.58. The Morgan fingerprint density at radius 1 is 1.62 bits per heavy atom. The topological polar surface area (TPSA) is 0 Å². The average Bonchev–Trinajstić information content (AvgIpc) is 2.27. The Hall–Kier alpha value is 0.543. The molecule has 1 fully saturated rings. The van der Waals surface area contributed by atoms with Crippen LogP contribution in [0.3, 0.4) is 0 Å². The fraction of sp³-hybridized carbons (Fsp3) is 1.00. The van der Waals surface area contributed by atoms with Crippen molar-refractivity contribution in [2.24, 2.45) is 0 Å². The standard InChI is InChI=1S/C7H16Ge/c1-7-5-4-6-8(7,2)3/h7H,4-6H2,1-3H3/t7-/m1/s1/i2D3,3D3. The Labute approximate surface area is 63.5 Å². The molecule has 0 aromatic heterocycles. The van der Waals surface area contributed by atoms with Gasteiger partial charge in [-0.2, -0.15) is 0 Å². The first kappa shape index (κ1) is 2.30. The van der Waals surface area contributed by atoms with Crippen LogP contribution in [0.2, 0.25) is 21.4 Å². The minimum atomic E-state index is -3.72. The Balaban J connectivity index is 3.16. The van der Waals surface area contributed by atoms with Crippen LogP contribution in [0.5, 0.6) is 0 Å². The van der Waals surface area contributed by atoms with Crippen molar-refractivity contribution in [1.82, 2.24) is 0 Å². The molecule has 0 radical (unpaired) electrons. The molecule has 48 valence electrons. The predicted octanol–water partition coefficient (Wildman–Crippen LogP) is 2.88. The molecule has 1 atom stereocenters. The van der Waals surface area contributed by atoms with Gasteiger partial charge in [0.25, 0.3) is 0 Å². The quantitative estimate of drug-likeness (QED) is 0.501. The summed E-state index contributed by atoms with van der Waals surface area (Å²) in [5.41, 5.74) is -4.39. The molecule has 1 aliphatic heterocycles. The van der Waals surface area contributed by atoms with Gasteiger partial charge in [0, 0.05) is 0 Å². The molecular weight excluding hydrogens is 157 g/mol. The molecule has 0 aromatic carbocycles. The third-order valence-electron chi connectivity index (χ3n) is 2.05. The van der Waals surface area contributed by atoms with E-state index in [1.807, 2.05) is 6.92 Å². The van der Waals surface area contributed by atoms with Gasteiger partial charge in [0.1, 0.15) is 0 Å². The van der Waals surface area contributed by atoms with Crippen molar-refractivity contribution in [3.05, 3.63) is 0 Å². The fourth-order valence-corrected chi connectivity index (χ4v) is 5.27.